The van der Waals surface area contributed by atoms with Crippen LogP contribution < -0.4 is 5.32 Å². The lowest BCUT2D eigenvalue weighted by Gasteiger charge is -2.14. The Morgan fingerprint density at radius 3 is 2.65 bits per heavy atom. The number of likely N-dealkylation sites (N-methyl/N-ethyl adjacent to an activating group) is 1. The molecule has 0 bridgehead atoms. The Bertz CT molecular complexity index is 899. The smallest absolute Gasteiger partial charge is 0.239 e. The summed E-state index contributed by atoms with van der Waals surface area (Å²) in [7, 11) is 3.69. The third-order valence-electron chi connectivity index (χ3n) is 3.90. The number of nitrogens with zero attached hydrogens (tertiary/aromatic N) is 3. The highest BCUT2D eigenvalue weighted by Crippen LogP contribution is 2.24. The largest absolute Gasteiger partial charge is 0.460 e. The van der Waals surface area contributed by atoms with Crippen molar-refractivity contribution in [3.8, 4) is 11.3 Å². The van der Waals surface area contributed by atoms with Crippen molar-refractivity contribution in [3.05, 3.63) is 58.4 Å². The first kappa shape index (κ1) is 18.4. The van der Waals surface area contributed by atoms with Gasteiger partial charge in [-0.2, -0.15) is 5.10 Å². The lowest BCUT2D eigenvalue weighted by Crippen LogP contribution is -2.30. The number of anilines is 1. The Morgan fingerprint density at radius 2 is 2.00 bits per heavy atom. The van der Waals surface area contributed by atoms with Gasteiger partial charge in [-0.3, -0.25) is 14.4 Å². The fraction of sp³-hybridized carbons (Fsp3) is 0.263. The molecule has 0 unspecified atom stereocenters. The highest BCUT2D eigenvalue weighted by atomic mass is 79.9. The summed E-state index contributed by atoms with van der Waals surface area (Å²) in [6, 6.07) is 13.7. The number of hydrogen-bond donors (Lipinski definition) is 1. The summed E-state index contributed by atoms with van der Waals surface area (Å²) < 4.78 is 8.59. The van der Waals surface area contributed by atoms with Gasteiger partial charge in [0.15, 0.2) is 0 Å². The van der Waals surface area contributed by atoms with Crippen molar-refractivity contribution in [1.82, 2.24) is 14.7 Å². The Hall–Kier alpha value is -2.38. The van der Waals surface area contributed by atoms with Crippen molar-refractivity contribution in [2.45, 2.75) is 13.5 Å². The van der Waals surface area contributed by atoms with Crippen LogP contribution in [0.15, 0.2) is 51.4 Å². The Labute approximate surface area is 160 Å². The van der Waals surface area contributed by atoms with Gasteiger partial charge in [-0.05, 0) is 38.2 Å². The van der Waals surface area contributed by atoms with Gasteiger partial charge < -0.3 is 9.73 Å². The van der Waals surface area contributed by atoms with Crippen LogP contribution in [0.5, 0.6) is 0 Å². The Kier molecular flexibility index (Phi) is 5.58. The standard InChI is InChI=1S/C19H21BrN4O2/c1-13-10-18(24(3)22-13)21-19(25)12-23(2)11-16-8-9-17(26-16)14-4-6-15(20)7-5-14/h4-10H,11-12H2,1-3H3,(H,21,25). The van der Waals surface area contributed by atoms with Crippen molar-refractivity contribution >= 4 is 27.7 Å². The van der Waals surface area contributed by atoms with Crippen LogP contribution in [0.2, 0.25) is 0 Å². The van der Waals surface area contributed by atoms with Crippen molar-refractivity contribution in [2.24, 2.45) is 7.05 Å². The molecule has 3 rings (SSSR count). The van der Waals surface area contributed by atoms with Crippen molar-refractivity contribution in [1.29, 1.82) is 0 Å². The van der Waals surface area contributed by atoms with Crippen LogP contribution in [-0.2, 0) is 18.4 Å². The van der Waals surface area contributed by atoms with Gasteiger partial charge in [0.2, 0.25) is 5.91 Å². The van der Waals surface area contributed by atoms with E-state index < -0.39 is 0 Å². The molecular formula is C19H21BrN4O2. The highest BCUT2D eigenvalue weighted by Gasteiger charge is 2.12. The number of amides is 1. The van der Waals surface area contributed by atoms with E-state index in [1.54, 1.807) is 11.7 Å². The third-order valence-corrected chi connectivity index (χ3v) is 4.43. The predicted octanol–water partition coefficient (Wildman–Crippen LogP) is 3.82. The van der Waals surface area contributed by atoms with Crippen LogP contribution in [0, 0.1) is 6.92 Å². The number of benzene rings is 1. The second-order valence-electron chi connectivity index (χ2n) is 6.29. The maximum atomic E-state index is 12.2. The molecule has 7 heteroatoms. The maximum absolute atomic E-state index is 12.2. The number of furan rings is 1. The van der Waals surface area contributed by atoms with Crippen molar-refractivity contribution in [2.75, 3.05) is 18.9 Å². The predicted molar refractivity (Wildman–Crippen MR) is 105 cm³/mol. The van der Waals surface area contributed by atoms with Crippen LogP contribution >= 0.6 is 15.9 Å². The summed E-state index contributed by atoms with van der Waals surface area (Å²) >= 11 is 3.43. The van der Waals surface area contributed by atoms with Crippen LogP contribution in [0.25, 0.3) is 11.3 Å². The fourth-order valence-corrected chi connectivity index (χ4v) is 2.97. The number of hydrogen-bond acceptors (Lipinski definition) is 4. The summed E-state index contributed by atoms with van der Waals surface area (Å²) in [5.41, 5.74) is 1.89. The highest BCUT2D eigenvalue weighted by molar-refractivity contribution is 9.10. The first-order valence-corrected chi connectivity index (χ1v) is 9.03. The molecule has 136 valence electrons. The van der Waals surface area contributed by atoms with E-state index in [4.69, 9.17) is 4.42 Å². The van der Waals surface area contributed by atoms with E-state index in [2.05, 4.69) is 26.3 Å². The van der Waals surface area contributed by atoms with E-state index in [0.29, 0.717) is 12.4 Å². The van der Waals surface area contributed by atoms with Crippen molar-refractivity contribution in [3.63, 3.8) is 0 Å². The van der Waals surface area contributed by atoms with Crippen LogP contribution in [0.3, 0.4) is 0 Å². The summed E-state index contributed by atoms with van der Waals surface area (Å²) in [5.74, 6) is 2.23. The zero-order valence-corrected chi connectivity index (χ0v) is 16.6. The van der Waals surface area contributed by atoms with Gasteiger partial charge in [0.1, 0.15) is 17.3 Å². The van der Waals surface area contributed by atoms with E-state index in [1.165, 1.54) is 0 Å². The number of carbonyl (C=O) groups is 1. The lowest BCUT2D eigenvalue weighted by atomic mass is 10.2. The van der Waals surface area contributed by atoms with E-state index in [9.17, 15) is 4.79 Å². The van der Waals surface area contributed by atoms with E-state index >= 15 is 0 Å². The number of aryl methyl sites for hydroxylation is 2. The first-order valence-electron chi connectivity index (χ1n) is 8.24. The van der Waals surface area contributed by atoms with Crippen LogP contribution in [0.4, 0.5) is 5.82 Å². The molecule has 2 aromatic heterocycles. The summed E-state index contributed by atoms with van der Waals surface area (Å²) in [4.78, 5) is 14.1. The number of rotatable bonds is 6. The van der Waals surface area contributed by atoms with Crippen LogP contribution in [-0.4, -0.2) is 34.2 Å². The van der Waals surface area contributed by atoms with Gasteiger partial charge >= 0.3 is 0 Å². The second kappa shape index (κ2) is 7.88. The molecule has 0 aliphatic carbocycles. The molecule has 0 saturated heterocycles. The molecular weight excluding hydrogens is 396 g/mol. The van der Waals surface area contributed by atoms with E-state index in [1.807, 2.05) is 61.3 Å². The molecule has 0 aliphatic heterocycles. The molecule has 0 radical (unpaired) electrons. The maximum Gasteiger partial charge on any atom is 0.239 e. The minimum atomic E-state index is -0.0878. The summed E-state index contributed by atoms with van der Waals surface area (Å²) in [6.45, 7) is 2.70. The summed E-state index contributed by atoms with van der Waals surface area (Å²) in [6.07, 6.45) is 0. The minimum absolute atomic E-state index is 0.0878. The molecule has 0 saturated carbocycles. The SMILES string of the molecule is Cc1cc(NC(=O)CN(C)Cc2ccc(-c3ccc(Br)cc3)o2)n(C)n1. The number of halogens is 1. The number of aromatic nitrogens is 2. The van der Waals surface area contributed by atoms with E-state index in [0.717, 1.165) is 27.3 Å². The first-order chi connectivity index (χ1) is 12.4. The molecule has 0 fully saturated rings. The molecule has 0 atom stereocenters. The second-order valence-corrected chi connectivity index (χ2v) is 7.20. The molecule has 6 nitrogen and oxygen atoms in total. The monoisotopic (exact) mass is 416 g/mol. The summed E-state index contributed by atoms with van der Waals surface area (Å²) in [5, 5.41) is 7.09. The lowest BCUT2D eigenvalue weighted by molar-refractivity contribution is -0.117. The molecule has 1 amide bonds. The molecule has 3 aromatic rings. The normalized spacial score (nSPS) is 11.1. The zero-order valence-electron chi connectivity index (χ0n) is 15.0. The Balaban J connectivity index is 1.56. The molecule has 0 spiro atoms. The quantitative estimate of drug-likeness (QED) is 0.663. The topological polar surface area (TPSA) is 63.3 Å². The van der Waals surface area contributed by atoms with Gasteiger partial charge in [-0.15, -0.1) is 0 Å². The van der Waals surface area contributed by atoms with Gasteiger partial charge in [0.25, 0.3) is 0 Å². The molecule has 0 aliphatic rings. The number of carbonyl (C=O) groups excluding carboxylic acids is 1. The fourth-order valence-electron chi connectivity index (χ4n) is 2.71. The molecule has 26 heavy (non-hydrogen) atoms. The van der Waals surface area contributed by atoms with Gasteiger partial charge in [0.05, 0.1) is 18.8 Å². The minimum Gasteiger partial charge on any atom is -0.460 e. The average Bonchev–Trinajstić information content (AvgIpc) is 3.14. The molecule has 2 heterocycles. The van der Waals surface area contributed by atoms with Gasteiger partial charge in [0, 0.05) is 23.2 Å². The molecule has 1 N–H and O–H groups in total. The van der Waals surface area contributed by atoms with Crippen molar-refractivity contribution < 1.29 is 9.21 Å². The zero-order chi connectivity index (χ0) is 18.7. The van der Waals surface area contributed by atoms with Gasteiger partial charge in [-0.25, -0.2) is 0 Å². The molecule has 1 aromatic carbocycles. The van der Waals surface area contributed by atoms with Crippen LogP contribution in [0.1, 0.15) is 11.5 Å². The van der Waals surface area contributed by atoms with Gasteiger partial charge in [-0.1, -0.05) is 28.1 Å². The third kappa shape index (κ3) is 4.62. The Morgan fingerprint density at radius 1 is 1.27 bits per heavy atom. The average molecular weight is 417 g/mol. The number of nitrogens with one attached hydrogen (secondary N) is 1. The van der Waals surface area contributed by atoms with E-state index in [-0.39, 0.29) is 12.5 Å².